The number of rotatable bonds is 3. The van der Waals surface area contributed by atoms with Gasteiger partial charge in [-0.1, -0.05) is 48.9 Å². The van der Waals surface area contributed by atoms with Gasteiger partial charge in [0.05, 0.1) is 0 Å². The van der Waals surface area contributed by atoms with Gasteiger partial charge in [0.15, 0.2) is 0 Å². The third-order valence-corrected chi connectivity index (χ3v) is 3.23. The highest BCUT2D eigenvalue weighted by Gasteiger charge is 2.09. The quantitative estimate of drug-likeness (QED) is 0.814. The monoisotopic (exact) mass is 215 g/mol. The van der Waals surface area contributed by atoms with Gasteiger partial charge in [0, 0.05) is 0 Å². The van der Waals surface area contributed by atoms with Crippen molar-refractivity contribution < 1.29 is 0 Å². The fourth-order valence-corrected chi connectivity index (χ4v) is 2.25. The first kappa shape index (κ1) is 11.4. The number of nitrogens with one attached hydrogen (secondary N) is 1. The van der Waals surface area contributed by atoms with Gasteiger partial charge in [-0.25, -0.2) is 0 Å². The molecule has 1 aromatic carbocycles. The molecule has 0 bridgehead atoms. The molecule has 0 radical (unpaired) electrons. The molecule has 1 nitrogen and oxygen atoms in total. The van der Waals surface area contributed by atoms with Crippen LogP contribution in [0.1, 0.15) is 31.2 Å². The van der Waals surface area contributed by atoms with Gasteiger partial charge in [0.25, 0.3) is 0 Å². The lowest BCUT2D eigenvalue weighted by Gasteiger charge is -2.10. The van der Waals surface area contributed by atoms with Crippen LogP contribution in [0.5, 0.6) is 0 Å². The van der Waals surface area contributed by atoms with Crippen LogP contribution in [0, 0.1) is 5.92 Å². The lowest BCUT2D eigenvalue weighted by Crippen LogP contribution is -2.20. The summed E-state index contributed by atoms with van der Waals surface area (Å²) in [4.78, 5) is 0. The molecule has 1 atom stereocenters. The number of hydrogen-bond donors (Lipinski definition) is 1. The minimum absolute atomic E-state index is 0.836. The first-order chi connectivity index (χ1) is 7.95. The lowest BCUT2D eigenvalue weighted by molar-refractivity contribution is 0.486. The summed E-state index contributed by atoms with van der Waals surface area (Å²) in [5, 5.41) is 3.51. The van der Waals surface area contributed by atoms with Gasteiger partial charge in [-0.2, -0.15) is 0 Å². The molecule has 0 saturated carbocycles. The number of allylic oxidation sites excluding steroid dienone is 1. The fraction of sp³-hybridized carbons (Fsp3) is 0.467. The molecule has 86 valence electrons. The van der Waals surface area contributed by atoms with E-state index in [1.54, 1.807) is 0 Å². The standard InChI is InChI=1S/C15H21N/c1-2-7-14(8-3-1)10-6-11-15-9-4-5-12-16-13-15/h1-3,6-8,10,15-16H,4-5,9,11-13H2/b10-6+. The number of hydrogen-bond acceptors (Lipinski definition) is 1. The van der Waals surface area contributed by atoms with E-state index in [4.69, 9.17) is 0 Å². The SMILES string of the molecule is C(=C\c1ccccc1)/CC1CCCCNC1. The van der Waals surface area contributed by atoms with Gasteiger partial charge in [-0.3, -0.25) is 0 Å². The zero-order valence-electron chi connectivity index (χ0n) is 9.86. The van der Waals surface area contributed by atoms with Crippen molar-refractivity contribution in [3.8, 4) is 0 Å². The van der Waals surface area contributed by atoms with Crippen molar-refractivity contribution in [2.24, 2.45) is 5.92 Å². The summed E-state index contributed by atoms with van der Waals surface area (Å²) >= 11 is 0. The Balaban J connectivity index is 1.79. The van der Waals surface area contributed by atoms with Crippen LogP contribution >= 0.6 is 0 Å². The highest BCUT2D eigenvalue weighted by molar-refractivity contribution is 5.48. The Bertz CT molecular complexity index is 307. The summed E-state index contributed by atoms with van der Waals surface area (Å²) in [6.45, 7) is 2.40. The van der Waals surface area contributed by atoms with E-state index >= 15 is 0 Å². The molecular formula is C15H21N. The van der Waals surface area contributed by atoms with E-state index in [0.29, 0.717) is 0 Å². The zero-order valence-corrected chi connectivity index (χ0v) is 9.86. The summed E-state index contributed by atoms with van der Waals surface area (Å²) < 4.78 is 0. The fourth-order valence-electron chi connectivity index (χ4n) is 2.25. The van der Waals surface area contributed by atoms with Crippen LogP contribution in [0.15, 0.2) is 36.4 Å². The second kappa shape index (κ2) is 6.49. The lowest BCUT2D eigenvalue weighted by atomic mass is 9.99. The highest BCUT2D eigenvalue weighted by Crippen LogP contribution is 2.16. The molecule has 1 heterocycles. The molecule has 1 fully saturated rings. The predicted octanol–water partition coefficient (Wildman–Crippen LogP) is 3.48. The van der Waals surface area contributed by atoms with Gasteiger partial charge in [0.2, 0.25) is 0 Å². The topological polar surface area (TPSA) is 12.0 Å². The maximum Gasteiger partial charge on any atom is -0.00176 e. The summed E-state index contributed by atoms with van der Waals surface area (Å²) in [5.74, 6) is 0.836. The second-order valence-corrected chi connectivity index (χ2v) is 4.61. The Morgan fingerprint density at radius 1 is 1.19 bits per heavy atom. The molecule has 2 rings (SSSR count). The van der Waals surface area contributed by atoms with Gasteiger partial charge in [0.1, 0.15) is 0 Å². The van der Waals surface area contributed by atoms with Crippen molar-refractivity contribution >= 4 is 6.08 Å². The van der Waals surface area contributed by atoms with Gasteiger partial charge in [-0.05, 0) is 43.8 Å². The van der Waals surface area contributed by atoms with E-state index in [1.807, 2.05) is 0 Å². The molecule has 1 aliphatic rings. The van der Waals surface area contributed by atoms with Gasteiger partial charge < -0.3 is 5.32 Å². The van der Waals surface area contributed by atoms with E-state index in [-0.39, 0.29) is 0 Å². The van der Waals surface area contributed by atoms with Gasteiger partial charge >= 0.3 is 0 Å². The third kappa shape index (κ3) is 3.82. The van der Waals surface area contributed by atoms with Crippen LogP contribution in [-0.4, -0.2) is 13.1 Å². The Morgan fingerprint density at radius 2 is 2.06 bits per heavy atom. The second-order valence-electron chi connectivity index (χ2n) is 4.61. The molecule has 1 saturated heterocycles. The summed E-state index contributed by atoms with van der Waals surface area (Å²) in [7, 11) is 0. The van der Waals surface area contributed by atoms with Crippen molar-refractivity contribution in [1.82, 2.24) is 5.32 Å². The summed E-state index contributed by atoms with van der Waals surface area (Å²) in [6, 6.07) is 10.6. The van der Waals surface area contributed by atoms with E-state index in [1.165, 1.54) is 44.3 Å². The van der Waals surface area contributed by atoms with E-state index < -0.39 is 0 Å². The molecule has 1 N–H and O–H groups in total. The molecular weight excluding hydrogens is 194 g/mol. The first-order valence-corrected chi connectivity index (χ1v) is 6.37. The zero-order chi connectivity index (χ0) is 11.1. The van der Waals surface area contributed by atoms with Gasteiger partial charge in [-0.15, -0.1) is 0 Å². The van der Waals surface area contributed by atoms with Crippen molar-refractivity contribution in [1.29, 1.82) is 0 Å². The van der Waals surface area contributed by atoms with Crippen LogP contribution in [0.3, 0.4) is 0 Å². The highest BCUT2D eigenvalue weighted by atomic mass is 14.9. The Hall–Kier alpha value is -1.08. The van der Waals surface area contributed by atoms with E-state index in [9.17, 15) is 0 Å². The number of benzene rings is 1. The molecule has 1 aliphatic heterocycles. The average Bonchev–Trinajstić information content (AvgIpc) is 2.59. The molecule has 1 heteroatoms. The summed E-state index contributed by atoms with van der Waals surface area (Å²) in [6.07, 6.45) is 9.89. The molecule has 0 aromatic heterocycles. The van der Waals surface area contributed by atoms with Crippen LogP contribution in [0.2, 0.25) is 0 Å². The van der Waals surface area contributed by atoms with Crippen LogP contribution < -0.4 is 5.32 Å². The van der Waals surface area contributed by atoms with Crippen LogP contribution in [0.25, 0.3) is 6.08 Å². The molecule has 0 amide bonds. The Kier molecular flexibility index (Phi) is 4.63. The Morgan fingerprint density at radius 3 is 2.94 bits per heavy atom. The predicted molar refractivity (Wildman–Crippen MR) is 70.3 cm³/mol. The maximum atomic E-state index is 3.51. The van der Waals surface area contributed by atoms with Crippen LogP contribution in [0.4, 0.5) is 0 Å². The van der Waals surface area contributed by atoms with Crippen molar-refractivity contribution in [2.75, 3.05) is 13.1 Å². The Labute approximate surface area is 98.6 Å². The minimum Gasteiger partial charge on any atom is -0.316 e. The van der Waals surface area contributed by atoms with E-state index in [2.05, 4.69) is 47.8 Å². The van der Waals surface area contributed by atoms with Crippen molar-refractivity contribution in [3.63, 3.8) is 0 Å². The smallest absolute Gasteiger partial charge is 0.00176 e. The van der Waals surface area contributed by atoms with Crippen LogP contribution in [-0.2, 0) is 0 Å². The third-order valence-electron chi connectivity index (χ3n) is 3.23. The largest absolute Gasteiger partial charge is 0.316 e. The minimum atomic E-state index is 0.836. The molecule has 0 spiro atoms. The molecule has 0 aliphatic carbocycles. The van der Waals surface area contributed by atoms with Crippen molar-refractivity contribution in [3.05, 3.63) is 42.0 Å². The van der Waals surface area contributed by atoms with E-state index in [0.717, 1.165) is 5.92 Å². The van der Waals surface area contributed by atoms with Crippen molar-refractivity contribution in [2.45, 2.75) is 25.7 Å². The first-order valence-electron chi connectivity index (χ1n) is 6.37. The summed E-state index contributed by atoms with van der Waals surface area (Å²) in [5.41, 5.74) is 1.31. The molecule has 1 aromatic rings. The normalized spacial score (nSPS) is 22.1. The molecule has 16 heavy (non-hydrogen) atoms. The average molecular weight is 215 g/mol. The maximum absolute atomic E-state index is 3.51. The molecule has 1 unspecified atom stereocenters.